The van der Waals surface area contributed by atoms with Gasteiger partial charge in [0.15, 0.2) is 0 Å². The summed E-state index contributed by atoms with van der Waals surface area (Å²) >= 11 is 0. The summed E-state index contributed by atoms with van der Waals surface area (Å²) in [6.07, 6.45) is 0. The molecule has 2 aromatic carbocycles. The molecule has 2 aromatic heterocycles. The van der Waals surface area contributed by atoms with Gasteiger partial charge in [0.2, 0.25) is 11.9 Å². The van der Waals surface area contributed by atoms with Gasteiger partial charge in [-0.2, -0.15) is 9.97 Å². The molecule has 0 atom stereocenters. The van der Waals surface area contributed by atoms with E-state index in [2.05, 4.69) is 149 Å². The average molecular weight is 649 g/mol. The van der Waals surface area contributed by atoms with Crippen LogP contribution in [0.15, 0.2) is 72.8 Å². The second-order valence-electron chi connectivity index (χ2n) is 15.0. The molecule has 4 N–H and O–H groups in total. The number of aromatic nitrogens is 4. The molecule has 8 heteroatoms. The van der Waals surface area contributed by atoms with Gasteiger partial charge >= 0.3 is 0 Å². The molecule has 48 heavy (non-hydrogen) atoms. The maximum atomic E-state index is 5.25. The van der Waals surface area contributed by atoms with Gasteiger partial charge in [-0.3, -0.25) is 0 Å². The van der Waals surface area contributed by atoms with Gasteiger partial charge in [-0.25, -0.2) is 9.97 Å². The van der Waals surface area contributed by atoms with Gasteiger partial charge in [0.05, 0.1) is 11.4 Å². The van der Waals surface area contributed by atoms with Crippen molar-refractivity contribution < 1.29 is 0 Å². The fourth-order valence-corrected chi connectivity index (χ4v) is 6.48. The molecule has 1 saturated carbocycles. The summed E-state index contributed by atoms with van der Waals surface area (Å²) in [5, 5.41) is 14.3. The van der Waals surface area contributed by atoms with Gasteiger partial charge in [0.1, 0.15) is 11.6 Å². The van der Waals surface area contributed by atoms with Crippen LogP contribution >= 0.6 is 0 Å². The second-order valence-corrected chi connectivity index (χ2v) is 15.0. The Balaban J connectivity index is 1.66. The molecule has 8 nitrogen and oxygen atoms in total. The van der Waals surface area contributed by atoms with Crippen LogP contribution in [0.1, 0.15) is 102 Å². The first-order valence-corrected chi connectivity index (χ1v) is 17.9. The highest BCUT2D eigenvalue weighted by atomic mass is 15.2. The normalized spacial score (nSPS) is 19.1. The fourth-order valence-electron chi connectivity index (χ4n) is 6.48. The van der Waals surface area contributed by atoms with Crippen LogP contribution in [-0.2, 0) is 0 Å². The molecule has 0 unspecified atom stereocenters. The third-order valence-corrected chi connectivity index (χ3v) is 8.81. The van der Waals surface area contributed by atoms with Crippen molar-refractivity contribution in [3.8, 4) is 0 Å². The van der Waals surface area contributed by atoms with Crippen LogP contribution in [0.4, 0.5) is 23.5 Å². The number of anilines is 4. The molecule has 0 spiro atoms. The summed E-state index contributed by atoms with van der Waals surface area (Å²) in [5.41, 5.74) is 4.68. The van der Waals surface area contributed by atoms with Gasteiger partial charge in [-0.15, -0.1) is 0 Å². The van der Waals surface area contributed by atoms with Crippen LogP contribution in [0.5, 0.6) is 0 Å². The van der Waals surface area contributed by atoms with E-state index in [0.717, 1.165) is 49.2 Å². The van der Waals surface area contributed by atoms with Gasteiger partial charge in [0.25, 0.3) is 0 Å². The number of rotatable bonds is 16. The number of hydrogen-bond acceptors (Lipinski definition) is 8. The predicted molar refractivity (Wildman–Crippen MR) is 201 cm³/mol. The minimum absolute atomic E-state index is 0.108. The van der Waals surface area contributed by atoms with Crippen molar-refractivity contribution in [1.29, 1.82) is 0 Å². The third kappa shape index (κ3) is 9.03. The molecule has 5 rings (SSSR count). The van der Waals surface area contributed by atoms with Crippen LogP contribution in [0.2, 0.25) is 0 Å². The van der Waals surface area contributed by atoms with Crippen LogP contribution in [0.25, 0.3) is 0 Å². The molecule has 1 aliphatic rings. The number of nitrogens with zero attached hydrogens (tertiary/aromatic N) is 4. The average Bonchev–Trinajstić information content (AvgIpc) is 3.05. The minimum atomic E-state index is 0.108. The largest absolute Gasteiger partial charge is 0.370 e. The van der Waals surface area contributed by atoms with Crippen molar-refractivity contribution in [1.82, 2.24) is 19.9 Å². The Bertz CT molecular complexity index is 1380. The molecule has 0 saturated heterocycles. The van der Waals surface area contributed by atoms with E-state index >= 15 is 0 Å². The summed E-state index contributed by atoms with van der Waals surface area (Å²) in [5.74, 6) is 5.53. The first-order valence-electron chi connectivity index (χ1n) is 17.9. The lowest BCUT2D eigenvalue weighted by Gasteiger charge is -2.52. The van der Waals surface area contributed by atoms with Crippen molar-refractivity contribution in [2.24, 2.45) is 23.7 Å². The first kappa shape index (κ1) is 35.1. The minimum Gasteiger partial charge on any atom is -0.370 e. The van der Waals surface area contributed by atoms with Crippen molar-refractivity contribution >= 4 is 23.5 Å². The van der Waals surface area contributed by atoms with Gasteiger partial charge < -0.3 is 21.3 Å². The lowest BCUT2D eigenvalue weighted by atomic mass is 9.50. The van der Waals surface area contributed by atoms with Crippen molar-refractivity contribution in [3.63, 3.8) is 0 Å². The summed E-state index contributed by atoms with van der Waals surface area (Å²) in [7, 11) is 0. The lowest BCUT2D eigenvalue weighted by Crippen LogP contribution is -2.41. The lowest BCUT2D eigenvalue weighted by molar-refractivity contribution is 0.220. The van der Waals surface area contributed by atoms with Crippen LogP contribution < -0.4 is 21.3 Å². The Morgan fingerprint density at radius 1 is 0.438 bits per heavy atom. The van der Waals surface area contributed by atoms with E-state index in [1.807, 2.05) is 0 Å². The van der Waals surface area contributed by atoms with E-state index in [9.17, 15) is 0 Å². The Morgan fingerprint density at radius 2 is 0.771 bits per heavy atom. The molecule has 0 bridgehead atoms. The van der Waals surface area contributed by atoms with E-state index in [4.69, 9.17) is 19.9 Å². The van der Waals surface area contributed by atoms with Gasteiger partial charge in [-0.1, -0.05) is 116 Å². The van der Waals surface area contributed by atoms with E-state index in [0.29, 0.717) is 35.6 Å². The molecule has 2 heterocycles. The Kier molecular flexibility index (Phi) is 11.9. The van der Waals surface area contributed by atoms with Crippen molar-refractivity contribution in [2.75, 3.05) is 47.4 Å². The Morgan fingerprint density at radius 3 is 1.10 bits per heavy atom. The standard InChI is InChI=1S/C40H56N8/c1-25(2)21-41-33-19-31(45-39(47-33)43-23-27(5)6)37-35(29-15-11-9-12-16-29)38(36(37)30-17-13-10-14-18-30)32-20-34(42-22-26(3)4)48-40(46-32)44-24-28(7)8/h9-20,25-28,35-38H,21-24H2,1-8H3,(H2,41,43,45,47)(H2,42,44,46,48)/t35-,36-,37-,38-. The Hall–Kier alpha value is -4.20. The fraction of sp³-hybridized carbons (Fsp3) is 0.500. The predicted octanol–water partition coefficient (Wildman–Crippen LogP) is 8.99. The maximum absolute atomic E-state index is 5.25. The summed E-state index contributed by atoms with van der Waals surface area (Å²) in [6, 6.07) is 26.2. The monoisotopic (exact) mass is 648 g/mol. The van der Waals surface area contributed by atoms with Crippen LogP contribution in [-0.4, -0.2) is 46.1 Å². The number of hydrogen-bond donors (Lipinski definition) is 4. The van der Waals surface area contributed by atoms with E-state index in [1.165, 1.54) is 11.1 Å². The summed E-state index contributed by atoms with van der Waals surface area (Å²) < 4.78 is 0. The molecule has 0 aliphatic heterocycles. The highest BCUT2D eigenvalue weighted by Gasteiger charge is 2.54. The second kappa shape index (κ2) is 16.3. The van der Waals surface area contributed by atoms with Crippen LogP contribution in [0.3, 0.4) is 0 Å². The molecule has 1 aliphatic carbocycles. The first-order chi connectivity index (χ1) is 23.1. The van der Waals surface area contributed by atoms with Gasteiger partial charge in [-0.05, 0) is 34.8 Å². The number of benzene rings is 2. The van der Waals surface area contributed by atoms with E-state index < -0.39 is 0 Å². The topological polar surface area (TPSA) is 99.7 Å². The molecule has 0 amide bonds. The molecule has 256 valence electrons. The van der Waals surface area contributed by atoms with Gasteiger partial charge in [0, 0.05) is 62.0 Å². The zero-order valence-electron chi connectivity index (χ0n) is 30.2. The summed E-state index contributed by atoms with van der Waals surface area (Å²) in [4.78, 5) is 20.3. The summed E-state index contributed by atoms with van der Waals surface area (Å²) in [6.45, 7) is 21.0. The van der Waals surface area contributed by atoms with Crippen molar-refractivity contribution in [2.45, 2.75) is 79.1 Å². The Labute approximate surface area is 288 Å². The zero-order chi connectivity index (χ0) is 34.2. The third-order valence-electron chi connectivity index (χ3n) is 8.81. The van der Waals surface area contributed by atoms with Crippen molar-refractivity contribution in [3.05, 3.63) is 95.3 Å². The van der Waals surface area contributed by atoms with E-state index in [-0.39, 0.29) is 23.7 Å². The molecule has 0 radical (unpaired) electrons. The zero-order valence-corrected chi connectivity index (χ0v) is 30.2. The quantitative estimate of drug-likeness (QED) is 0.0956. The molecule has 4 aromatic rings. The molecular formula is C40H56N8. The molecule has 1 fully saturated rings. The smallest absolute Gasteiger partial charge is 0.224 e. The highest BCUT2D eigenvalue weighted by molar-refractivity contribution is 5.53. The SMILES string of the molecule is CC(C)CNc1cc([C@H]2[C@H](c3ccccc3)[C@H](c3cc(NCC(C)C)nc(NCC(C)C)n3)[C@H]2c2ccccc2)nc(NCC(C)C)n1. The van der Waals surface area contributed by atoms with Crippen LogP contribution in [0, 0.1) is 23.7 Å². The molecular weight excluding hydrogens is 592 g/mol. The maximum Gasteiger partial charge on any atom is 0.224 e. The number of nitrogens with one attached hydrogen (secondary N) is 4. The highest BCUT2D eigenvalue weighted by Crippen LogP contribution is 2.66. The van der Waals surface area contributed by atoms with E-state index in [1.54, 1.807) is 0 Å².